The molecule has 0 aromatic heterocycles. The van der Waals surface area contributed by atoms with Crippen LogP contribution in [0.5, 0.6) is 0 Å². The molecule has 1 N–H and O–H groups in total. The van der Waals surface area contributed by atoms with Crippen LogP contribution in [0.1, 0.15) is 26.3 Å². The van der Waals surface area contributed by atoms with E-state index in [9.17, 15) is 18.4 Å². The van der Waals surface area contributed by atoms with Gasteiger partial charge in [0, 0.05) is 25.3 Å². The van der Waals surface area contributed by atoms with Gasteiger partial charge in [0.1, 0.15) is 0 Å². The highest BCUT2D eigenvalue weighted by molar-refractivity contribution is 6.05. The van der Waals surface area contributed by atoms with Crippen molar-refractivity contribution in [2.75, 3.05) is 19.4 Å². The van der Waals surface area contributed by atoms with Crippen LogP contribution in [0.4, 0.5) is 14.5 Å². The van der Waals surface area contributed by atoms with Crippen molar-refractivity contribution < 1.29 is 18.4 Å². The molecular formula is C17H16F2N2O2. The number of hydrogen-bond donors (Lipinski definition) is 1. The van der Waals surface area contributed by atoms with Crippen molar-refractivity contribution in [1.82, 2.24) is 4.90 Å². The second kappa shape index (κ2) is 6.56. The lowest BCUT2D eigenvalue weighted by Gasteiger charge is -2.14. The SMILES string of the molecule is Cc1ccc(NC(=O)c2cccc(F)c2F)cc1C(=O)N(C)C. The number of aryl methyl sites for hydroxylation is 1. The Kier molecular flexibility index (Phi) is 4.74. The van der Waals surface area contributed by atoms with E-state index in [-0.39, 0.29) is 5.91 Å². The first-order valence-corrected chi connectivity index (χ1v) is 6.89. The molecule has 0 unspecified atom stereocenters. The molecule has 0 spiro atoms. The fraction of sp³-hybridized carbons (Fsp3) is 0.176. The second-order valence-corrected chi connectivity index (χ2v) is 5.28. The number of halogens is 2. The monoisotopic (exact) mass is 318 g/mol. The number of nitrogens with zero attached hydrogens (tertiary/aromatic N) is 1. The van der Waals surface area contributed by atoms with Gasteiger partial charge >= 0.3 is 0 Å². The first-order chi connectivity index (χ1) is 10.8. The normalized spacial score (nSPS) is 10.3. The largest absolute Gasteiger partial charge is 0.345 e. The standard InChI is InChI=1S/C17H16F2N2O2/c1-10-7-8-11(9-13(10)17(23)21(2)3)20-16(22)12-5-4-6-14(18)15(12)19/h4-9H,1-3H3,(H,20,22). The van der Waals surface area contributed by atoms with Crippen molar-refractivity contribution >= 4 is 17.5 Å². The number of nitrogens with one attached hydrogen (secondary N) is 1. The van der Waals surface area contributed by atoms with E-state index in [1.54, 1.807) is 33.2 Å². The minimum Gasteiger partial charge on any atom is -0.345 e. The summed E-state index contributed by atoms with van der Waals surface area (Å²) in [6.07, 6.45) is 0. The Labute approximate surface area is 132 Å². The van der Waals surface area contributed by atoms with E-state index in [1.807, 2.05) is 0 Å². The van der Waals surface area contributed by atoms with Gasteiger partial charge in [-0.25, -0.2) is 8.78 Å². The van der Waals surface area contributed by atoms with E-state index in [1.165, 1.54) is 23.1 Å². The summed E-state index contributed by atoms with van der Waals surface area (Å²) in [7, 11) is 3.24. The van der Waals surface area contributed by atoms with Crippen molar-refractivity contribution in [3.8, 4) is 0 Å². The van der Waals surface area contributed by atoms with Gasteiger partial charge in [0.15, 0.2) is 11.6 Å². The van der Waals surface area contributed by atoms with E-state index in [0.717, 1.165) is 11.6 Å². The van der Waals surface area contributed by atoms with Gasteiger partial charge in [-0.2, -0.15) is 0 Å². The first kappa shape index (κ1) is 16.6. The number of rotatable bonds is 3. The van der Waals surface area contributed by atoms with Crippen LogP contribution in [0.3, 0.4) is 0 Å². The molecule has 2 amide bonds. The molecule has 0 saturated carbocycles. The van der Waals surface area contributed by atoms with Crippen LogP contribution in [0, 0.1) is 18.6 Å². The van der Waals surface area contributed by atoms with Gasteiger partial charge in [0.05, 0.1) is 5.56 Å². The molecular weight excluding hydrogens is 302 g/mol. The van der Waals surface area contributed by atoms with Crippen molar-refractivity contribution in [3.05, 3.63) is 64.7 Å². The van der Waals surface area contributed by atoms with Crippen LogP contribution >= 0.6 is 0 Å². The Hall–Kier alpha value is -2.76. The maximum atomic E-state index is 13.6. The van der Waals surface area contributed by atoms with E-state index >= 15 is 0 Å². The highest BCUT2D eigenvalue weighted by Crippen LogP contribution is 2.19. The number of benzene rings is 2. The zero-order valence-electron chi connectivity index (χ0n) is 13.0. The van der Waals surface area contributed by atoms with Gasteiger partial charge in [0.25, 0.3) is 11.8 Å². The second-order valence-electron chi connectivity index (χ2n) is 5.28. The highest BCUT2D eigenvalue weighted by Gasteiger charge is 2.17. The van der Waals surface area contributed by atoms with Crippen LogP contribution in [0.2, 0.25) is 0 Å². The molecule has 120 valence electrons. The topological polar surface area (TPSA) is 49.4 Å². The summed E-state index contributed by atoms with van der Waals surface area (Å²) in [6.45, 7) is 1.77. The van der Waals surface area contributed by atoms with Crippen LogP contribution in [0.15, 0.2) is 36.4 Å². The van der Waals surface area contributed by atoms with Crippen molar-refractivity contribution in [3.63, 3.8) is 0 Å². The molecule has 2 aromatic rings. The Morgan fingerprint density at radius 2 is 1.74 bits per heavy atom. The summed E-state index contributed by atoms with van der Waals surface area (Å²) in [5.41, 5.74) is 1.10. The van der Waals surface area contributed by atoms with Crippen LogP contribution in [0.25, 0.3) is 0 Å². The van der Waals surface area contributed by atoms with E-state index in [4.69, 9.17) is 0 Å². The van der Waals surface area contributed by atoms with E-state index in [0.29, 0.717) is 11.3 Å². The van der Waals surface area contributed by atoms with Crippen molar-refractivity contribution in [2.45, 2.75) is 6.92 Å². The van der Waals surface area contributed by atoms with Crippen LogP contribution in [-0.4, -0.2) is 30.8 Å². The highest BCUT2D eigenvalue weighted by atomic mass is 19.2. The maximum absolute atomic E-state index is 13.6. The molecule has 2 rings (SSSR count). The quantitative estimate of drug-likeness (QED) is 0.944. The fourth-order valence-electron chi connectivity index (χ4n) is 2.05. The third-order valence-electron chi connectivity index (χ3n) is 3.33. The average Bonchev–Trinajstić information content (AvgIpc) is 2.51. The molecule has 0 aliphatic heterocycles. The number of amides is 2. The summed E-state index contributed by atoms with van der Waals surface area (Å²) in [5.74, 6) is -3.30. The lowest BCUT2D eigenvalue weighted by Crippen LogP contribution is -2.23. The third-order valence-corrected chi connectivity index (χ3v) is 3.33. The van der Waals surface area contributed by atoms with Crippen molar-refractivity contribution in [2.24, 2.45) is 0 Å². The molecule has 0 radical (unpaired) electrons. The van der Waals surface area contributed by atoms with Crippen LogP contribution < -0.4 is 5.32 Å². The Bertz CT molecular complexity index is 773. The molecule has 0 aliphatic carbocycles. The fourth-order valence-corrected chi connectivity index (χ4v) is 2.05. The van der Waals surface area contributed by atoms with Gasteiger partial charge in [-0.3, -0.25) is 9.59 Å². The molecule has 0 bridgehead atoms. The Morgan fingerprint density at radius 3 is 2.39 bits per heavy atom. The average molecular weight is 318 g/mol. The molecule has 0 saturated heterocycles. The Balaban J connectivity index is 2.30. The van der Waals surface area contributed by atoms with Gasteiger partial charge in [-0.1, -0.05) is 12.1 Å². The lowest BCUT2D eigenvalue weighted by atomic mass is 10.1. The summed E-state index contributed by atoms with van der Waals surface area (Å²) >= 11 is 0. The molecule has 4 nitrogen and oxygen atoms in total. The summed E-state index contributed by atoms with van der Waals surface area (Å²) in [6, 6.07) is 8.15. The molecule has 23 heavy (non-hydrogen) atoms. The number of carbonyl (C=O) groups excluding carboxylic acids is 2. The maximum Gasteiger partial charge on any atom is 0.258 e. The molecule has 6 heteroatoms. The molecule has 0 fully saturated rings. The molecule has 0 atom stereocenters. The number of anilines is 1. The predicted molar refractivity (Wildman–Crippen MR) is 83.5 cm³/mol. The number of carbonyl (C=O) groups is 2. The van der Waals surface area contributed by atoms with Crippen LogP contribution in [-0.2, 0) is 0 Å². The zero-order valence-corrected chi connectivity index (χ0v) is 13.0. The van der Waals surface area contributed by atoms with E-state index in [2.05, 4.69) is 5.32 Å². The van der Waals surface area contributed by atoms with Crippen molar-refractivity contribution in [1.29, 1.82) is 0 Å². The summed E-state index contributed by atoms with van der Waals surface area (Å²) in [4.78, 5) is 25.6. The Morgan fingerprint density at radius 1 is 1.04 bits per heavy atom. The molecule has 2 aromatic carbocycles. The zero-order chi connectivity index (χ0) is 17.1. The third kappa shape index (κ3) is 3.53. The first-order valence-electron chi connectivity index (χ1n) is 6.89. The van der Waals surface area contributed by atoms with E-state index < -0.39 is 23.1 Å². The molecule has 0 aliphatic rings. The predicted octanol–water partition coefficient (Wildman–Crippen LogP) is 3.23. The van der Waals surface area contributed by atoms with Gasteiger partial charge in [-0.05, 0) is 36.8 Å². The lowest BCUT2D eigenvalue weighted by molar-refractivity contribution is 0.0826. The summed E-state index contributed by atoms with van der Waals surface area (Å²) < 4.78 is 26.8. The van der Waals surface area contributed by atoms with Gasteiger partial charge in [-0.15, -0.1) is 0 Å². The minimum absolute atomic E-state index is 0.212. The minimum atomic E-state index is -1.21. The molecule has 0 heterocycles. The summed E-state index contributed by atoms with van der Waals surface area (Å²) in [5, 5.41) is 2.47. The smallest absolute Gasteiger partial charge is 0.258 e. The van der Waals surface area contributed by atoms with Gasteiger partial charge < -0.3 is 10.2 Å². The van der Waals surface area contributed by atoms with Gasteiger partial charge in [0.2, 0.25) is 0 Å². The number of hydrogen-bond acceptors (Lipinski definition) is 2.